The Morgan fingerprint density at radius 1 is 1.17 bits per heavy atom. The molecule has 1 unspecified atom stereocenters. The molecule has 0 aromatic heterocycles. The minimum atomic E-state index is -0.118. The van der Waals surface area contributed by atoms with E-state index in [1.165, 1.54) is 11.1 Å². The molecule has 1 fully saturated rings. The molecule has 5 nitrogen and oxygen atoms in total. The van der Waals surface area contributed by atoms with E-state index in [9.17, 15) is 4.79 Å². The van der Waals surface area contributed by atoms with Crippen molar-refractivity contribution in [1.82, 2.24) is 10.2 Å². The zero-order valence-corrected chi connectivity index (χ0v) is 18.0. The third-order valence-electron chi connectivity index (χ3n) is 6.24. The molecule has 2 aromatic carbocycles. The fraction of sp³-hybridized carbons (Fsp3) is 0.480. The summed E-state index contributed by atoms with van der Waals surface area (Å²) in [6, 6.07) is 16.0. The van der Waals surface area contributed by atoms with Crippen LogP contribution in [0.2, 0.25) is 0 Å². The molecule has 0 aliphatic carbocycles. The standard InChI is InChI=1S/C25H32N2O3/c1-25(2,27-14-13-19-6-3-4-7-21(19)16-27)18-26-24(28)20-9-11-22(12-10-20)30-17-23-8-5-15-29-23/h3-4,6-7,9-12,23H,5,8,13-18H2,1-2H3,(H,26,28). The van der Waals surface area contributed by atoms with Gasteiger partial charge in [0.2, 0.25) is 0 Å². The quantitative estimate of drug-likeness (QED) is 0.757. The summed E-state index contributed by atoms with van der Waals surface area (Å²) in [6.07, 6.45) is 3.41. The van der Waals surface area contributed by atoms with E-state index >= 15 is 0 Å². The Kier molecular flexibility index (Phi) is 6.40. The lowest BCUT2D eigenvalue weighted by atomic mass is 9.94. The topological polar surface area (TPSA) is 50.8 Å². The molecule has 1 N–H and O–H groups in total. The Balaban J connectivity index is 1.28. The van der Waals surface area contributed by atoms with Gasteiger partial charge in [-0.05, 0) is 68.5 Å². The van der Waals surface area contributed by atoms with E-state index in [2.05, 4.69) is 48.3 Å². The number of ether oxygens (including phenoxy) is 2. The maximum atomic E-state index is 12.7. The average Bonchev–Trinajstić information content (AvgIpc) is 3.30. The lowest BCUT2D eigenvalue weighted by molar-refractivity contribution is 0.0679. The average molecular weight is 409 g/mol. The van der Waals surface area contributed by atoms with Crippen LogP contribution in [0.1, 0.15) is 48.2 Å². The summed E-state index contributed by atoms with van der Waals surface area (Å²) in [5, 5.41) is 3.12. The lowest BCUT2D eigenvalue weighted by Gasteiger charge is -2.41. The second kappa shape index (κ2) is 9.19. The molecule has 2 aromatic rings. The highest BCUT2D eigenvalue weighted by atomic mass is 16.5. The maximum Gasteiger partial charge on any atom is 0.251 e. The van der Waals surface area contributed by atoms with Gasteiger partial charge in [-0.25, -0.2) is 0 Å². The van der Waals surface area contributed by atoms with Crippen molar-refractivity contribution in [2.75, 3.05) is 26.3 Å². The number of carbonyl (C=O) groups is 1. The molecule has 2 aliphatic rings. The minimum Gasteiger partial charge on any atom is -0.491 e. The van der Waals surface area contributed by atoms with E-state index < -0.39 is 0 Å². The molecule has 0 radical (unpaired) electrons. The minimum absolute atomic E-state index is 0.0499. The summed E-state index contributed by atoms with van der Waals surface area (Å²) >= 11 is 0. The molecular formula is C25H32N2O3. The second-order valence-corrected chi connectivity index (χ2v) is 8.91. The zero-order chi connectivity index (χ0) is 21.0. The van der Waals surface area contributed by atoms with Gasteiger partial charge in [0, 0.05) is 37.3 Å². The van der Waals surface area contributed by atoms with Gasteiger partial charge in [-0.1, -0.05) is 24.3 Å². The number of hydrogen-bond donors (Lipinski definition) is 1. The fourth-order valence-electron chi connectivity index (χ4n) is 4.19. The molecule has 0 bridgehead atoms. The molecular weight excluding hydrogens is 376 g/mol. The summed E-state index contributed by atoms with van der Waals surface area (Å²) in [6.45, 7) is 8.33. The highest BCUT2D eigenvalue weighted by molar-refractivity contribution is 5.94. The van der Waals surface area contributed by atoms with Crippen molar-refractivity contribution in [3.05, 3.63) is 65.2 Å². The van der Waals surface area contributed by atoms with Crippen molar-refractivity contribution < 1.29 is 14.3 Å². The highest BCUT2D eigenvalue weighted by Crippen LogP contribution is 2.25. The van der Waals surface area contributed by atoms with E-state index in [1.54, 1.807) is 0 Å². The van der Waals surface area contributed by atoms with Crippen LogP contribution in [0.5, 0.6) is 5.75 Å². The molecule has 4 rings (SSSR count). The van der Waals surface area contributed by atoms with Gasteiger partial charge in [-0.2, -0.15) is 0 Å². The first-order valence-electron chi connectivity index (χ1n) is 11.0. The summed E-state index contributed by atoms with van der Waals surface area (Å²) in [4.78, 5) is 15.1. The van der Waals surface area contributed by atoms with Crippen molar-refractivity contribution in [3.8, 4) is 5.75 Å². The van der Waals surface area contributed by atoms with Gasteiger partial charge in [0.15, 0.2) is 0 Å². The van der Waals surface area contributed by atoms with Crippen LogP contribution in [0.15, 0.2) is 48.5 Å². The van der Waals surface area contributed by atoms with Crippen LogP contribution in [0.4, 0.5) is 0 Å². The third kappa shape index (κ3) is 5.02. The number of nitrogens with zero attached hydrogens (tertiary/aromatic N) is 1. The van der Waals surface area contributed by atoms with Crippen LogP contribution in [0.25, 0.3) is 0 Å². The number of amides is 1. The molecule has 0 saturated carbocycles. The van der Waals surface area contributed by atoms with Crippen molar-refractivity contribution in [2.24, 2.45) is 0 Å². The Labute approximate surface area is 179 Å². The van der Waals surface area contributed by atoms with E-state index in [1.807, 2.05) is 24.3 Å². The van der Waals surface area contributed by atoms with E-state index in [4.69, 9.17) is 9.47 Å². The first kappa shape index (κ1) is 20.9. The van der Waals surface area contributed by atoms with Crippen LogP contribution in [-0.4, -0.2) is 48.8 Å². The van der Waals surface area contributed by atoms with Crippen molar-refractivity contribution in [3.63, 3.8) is 0 Å². The SMILES string of the molecule is CC(C)(CNC(=O)c1ccc(OCC2CCCO2)cc1)N1CCc2ccccc2C1. The number of rotatable bonds is 7. The summed E-state index contributed by atoms with van der Waals surface area (Å²) in [7, 11) is 0. The number of benzene rings is 2. The summed E-state index contributed by atoms with van der Waals surface area (Å²) in [5.41, 5.74) is 3.37. The number of nitrogens with one attached hydrogen (secondary N) is 1. The highest BCUT2D eigenvalue weighted by Gasteiger charge is 2.30. The van der Waals surface area contributed by atoms with E-state index in [-0.39, 0.29) is 17.6 Å². The predicted molar refractivity (Wildman–Crippen MR) is 118 cm³/mol. The maximum absolute atomic E-state index is 12.7. The van der Waals surface area contributed by atoms with Gasteiger partial charge in [-0.15, -0.1) is 0 Å². The Morgan fingerprint density at radius 3 is 2.67 bits per heavy atom. The van der Waals surface area contributed by atoms with Crippen molar-refractivity contribution >= 4 is 5.91 Å². The van der Waals surface area contributed by atoms with Gasteiger partial charge in [0.1, 0.15) is 12.4 Å². The largest absolute Gasteiger partial charge is 0.491 e. The Bertz CT molecular complexity index is 857. The normalized spacial score (nSPS) is 19.3. The summed E-state index contributed by atoms with van der Waals surface area (Å²) in [5.74, 6) is 0.723. The Hall–Kier alpha value is -2.37. The van der Waals surface area contributed by atoms with Crippen LogP contribution in [-0.2, 0) is 17.7 Å². The molecule has 5 heteroatoms. The summed E-state index contributed by atoms with van der Waals surface area (Å²) < 4.78 is 11.4. The van der Waals surface area contributed by atoms with Gasteiger partial charge in [-0.3, -0.25) is 9.69 Å². The molecule has 160 valence electrons. The fourth-order valence-corrected chi connectivity index (χ4v) is 4.19. The van der Waals surface area contributed by atoms with E-state index in [0.717, 1.165) is 44.7 Å². The molecule has 2 heterocycles. The predicted octanol–water partition coefficient (Wildman–Crippen LogP) is 3.81. The molecule has 2 aliphatic heterocycles. The van der Waals surface area contributed by atoms with Crippen molar-refractivity contribution in [1.29, 1.82) is 0 Å². The first-order chi connectivity index (χ1) is 14.5. The number of fused-ring (bicyclic) bond motifs is 1. The molecule has 1 amide bonds. The monoisotopic (exact) mass is 408 g/mol. The van der Waals surface area contributed by atoms with Gasteiger partial charge < -0.3 is 14.8 Å². The lowest BCUT2D eigenvalue weighted by Crippen LogP contribution is -2.53. The van der Waals surface area contributed by atoms with Crippen LogP contribution < -0.4 is 10.1 Å². The van der Waals surface area contributed by atoms with Gasteiger partial charge >= 0.3 is 0 Å². The number of hydrogen-bond acceptors (Lipinski definition) is 4. The third-order valence-corrected chi connectivity index (χ3v) is 6.24. The second-order valence-electron chi connectivity index (χ2n) is 8.91. The van der Waals surface area contributed by atoms with E-state index in [0.29, 0.717) is 18.7 Å². The molecule has 1 saturated heterocycles. The van der Waals surface area contributed by atoms with Gasteiger partial charge in [0.05, 0.1) is 6.10 Å². The molecule has 1 atom stereocenters. The number of carbonyl (C=O) groups excluding carboxylic acids is 1. The molecule has 0 spiro atoms. The molecule has 30 heavy (non-hydrogen) atoms. The van der Waals surface area contributed by atoms with Crippen LogP contribution in [0, 0.1) is 0 Å². The van der Waals surface area contributed by atoms with Crippen molar-refractivity contribution in [2.45, 2.75) is 51.3 Å². The first-order valence-corrected chi connectivity index (χ1v) is 11.0. The smallest absolute Gasteiger partial charge is 0.251 e. The zero-order valence-electron chi connectivity index (χ0n) is 18.0. The van der Waals surface area contributed by atoms with Crippen LogP contribution in [0.3, 0.4) is 0 Å². The van der Waals surface area contributed by atoms with Crippen LogP contribution >= 0.6 is 0 Å². The van der Waals surface area contributed by atoms with Gasteiger partial charge in [0.25, 0.3) is 5.91 Å². The Morgan fingerprint density at radius 2 is 1.93 bits per heavy atom.